The predicted molar refractivity (Wildman–Crippen MR) is 117 cm³/mol. The van der Waals surface area contributed by atoms with E-state index in [9.17, 15) is 0 Å². The van der Waals surface area contributed by atoms with Gasteiger partial charge in [0, 0.05) is 5.69 Å². The average molecular weight is 345 g/mol. The molecule has 0 unspecified atom stereocenters. The molecule has 2 N–H and O–H groups in total. The lowest BCUT2D eigenvalue weighted by atomic mass is 9.93. The molecule has 0 saturated carbocycles. The quantitative estimate of drug-likeness (QED) is 0.346. The molecule has 1 nitrogen and oxygen atoms in total. The highest BCUT2D eigenvalue weighted by atomic mass is 14.5. The molecule has 0 aliphatic heterocycles. The molecule has 1 heteroatoms. The average Bonchev–Trinajstić information content (AvgIpc) is 2.72. The summed E-state index contributed by atoms with van der Waals surface area (Å²) in [5.74, 6) is 0. The van der Waals surface area contributed by atoms with Gasteiger partial charge in [0.05, 0.1) is 0 Å². The maximum Gasteiger partial charge on any atom is 0.0326 e. The number of hydrogen-bond acceptors (Lipinski definition) is 1. The zero-order valence-electron chi connectivity index (χ0n) is 14.9. The van der Waals surface area contributed by atoms with Crippen LogP contribution in [-0.4, -0.2) is 0 Å². The molecule has 0 radical (unpaired) electrons. The maximum absolute atomic E-state index is 6.32. The van der Waals surface area contributed by atoms with E-state index in [-0.39, 0.29) is 0 Å². The van der Waals surface area contributed by atoms with E-state index in [2.05, 4.69) is 103 Å². The molecule has 27 heavy (non-hydrogen) atoms. The second kappa shape index (κ2) is 6.30. The number of nitrogen functional groups attached to an aromatic ring is 1. The number of benzene rings is 5. The molecule has 0 heterocycles. The van der Waals surface area contributed by atoms with Crippen molar-refractivity contribution >= 4 is 27.2 Å². The minimum absolute atomic E-state index is 0.781. The first kappa shape index (κ1) is 15.7. The van der Waals surface area contributed by atoms with Crippen molar-refractivity contribution in [3.8, 4) is 22.3 Å². The van der Waals surface area contributed by atoms with Crippen LogP contribution < -0.4 is 5.73 Å². The van der Waals surface area contributed by atoms with Crippen LogP contribution in [0.5, 0.6) is 0 Å². The summed E-state index contributed by atoms with van der Waals surface area (Å²) in [7, 11) is 0. The molecule has 0 atom stereocenters. The summed E-state index contributed by atoms with van der Waals surface area (Å²) in [5, 5.41) is 4.97. The minimum Gasteiger partial charge on any atom is -0.399 e. The standard InChI is InChI=1S/C26H19N/c27-22-16-20(25-13-5-9-18-7-1-3-11-23(18)25)15-21(17-22)26-14-6-10-19-8-2-4-12-24(19)26/h1-17H,27H2. The Labute approximate surface area is 158 Å². The van der Waals surface area contributed by atoms with E-state index in [0.29, 0.717) is 0 Å². The van der Waals surface area contributed by atoms with Gasteiger partial charge in [-0.15, -0.1) is 0 Å². The van der Waals surface area contributed by atoms with Crippen molar-refractivity contribution in [2.45, 2.75) is 0 Å². The minimum atomic E-state index is 0.781. The Morgan fingerprint density at radius 3 is 1.41 bits per heavy atom. The van der Waals surface area contributed by atoms with Crippen molar-refractivity contribution in [1.82, 2.24) is 0 Å². The molecule has 0 aliphatic carbocycles. The van der Waals surface area contributed by atoms with Crippen LogP contribution in [0.4, 0.5) is 5.69 Å². The van der Waals surface area contributed by atoms with Gasteiger partial charge in [-0.25, -0.2) is 0 Å². The van der Waals surface area contributed by atoms with E-state index in [4.69, 9.17) is 5.73 Å². The van der Waals surface area contributed by atoms with Gasteiger partial charge >= 0.3 is 0 Å². The first-order valence-corrected chi connectivity index (χ1v) is 9.16. The van der Waals surface area contributed by atoms with Gasteiger partial charge in [0.25, 0.3) is 0 Å². The van der Waals surface area contributed by atoms with Crippen molar-refractivity contribution in [2.24, 2.45) is 0 Å². The van der Waals surface area contributed by atoms with Gasteiger partial charge in [0.1, 0.15) is 0 Å². The fourth-order valence-corrected chi connectivity index (χ4v) is 3.92. The Hall–Kier alpha value is -3.58. The number of anilines is 1. The summed E-state index contributed by atoms with van der Waals surface area (Å²) in [6.45, 7) is 0. The van der Waals surface area contributed by atoms with E-state index in [1.807, 2.05) is 0 Å². The van der Waals surface area contributed by atoms with Gasteiger partial charge in [-0.1, -0.05) is 84.9 Å². The van der Waals surface area contributed by atoms with Gasteiger partial charge in [-0.3, -0.25) is 0 Å². The topological polar surface area (TPSA) is 26.0 Å². The number of nitrogens with two attached hydrogens (primary N) is 1. The highest BCUT2D eigenvalue weighted by Gasteiger charge is 2.09. The summed E-state index contributed by atoms with van der Waals surface area (Å²) >= 11 is 0. The molecular weight excluding hydrogens is 326 g/mol. The smallest absolute Gasteiger partial charge is 0.0326 e. The van der Waals surface area contributed by atoms with Crippen LogP contribution in [0.2, 0.25) is 0 Å². The maximum atomic E-state index is 6.32. The van der Waals surface area contributed by atoms with Crippen molar-refractivity contribution < 1.29 is 0 Å². The predicted octanol–water partition coefficient (Wildman–Crippen LogP) is 6.91. The van der Waals surface area contributed by atoms with Crippen molar-refractivity contribution in [2.75, 3.05) is 5.73 Å². The van der Waals surface area contributed by atoms with E-state index < -0.39 is 0 Å². The van der Waals surface area contributed by atoms with Gasteiger partial charge in [0.2, 0.25) is 0 Å². The third kappa shape index (κ3) is 2.74. The molecule has 0 aliphatic rings. The largest absolute Gasteiger partial charge is 0.399 e. The first-order valence-electron chi connectivity index (χ1n) is 9.16. The highest BCUT2D eigenvalue weighted by Crippen LogP contribution is 2.35. The Kier molecular flexibility index (Phi) is 3.65. The zero-order valence-corrected chi connectivity index (χ0v) is 14.9. The summed E-state index contributed by atoms with van der Waals surface area (Å²) in [5.41, 5.74) is 11.8. The molecule has 0 bridgehead atoms. The monoisotopic (exact) mass is 345 g/mol. The van der Waals surface area contributed by atoms with Crippen LogP contribution in [-0.2, 0) is 0 Å². The highest BCUT2D eigenvalue weighted by molar-refractivity contribution is 6.00. The van der Waals surface area contributed by atoms with Crippen molar-refractivity contribution in [1.29, 1.82) is 0 Å². The van der Waals surface area contributed by atoms with Crippen molar-refractivity contribution in [3.63, 3.8) is 0 Å². The van der Waals surface area contributed by atoms with Crippen LogP contribution in [0.3, 0.4) is 0 Å². The molecule has 5 aromatic carbocycles. The Balaban J connectivity index is 1.76. The molecule has 0 aromatic heterocycles. The number of fused-ring (bicyclic) bond motifs is 2. The molecule has 5 rings (SSSR count). The van der Waals surface area contributed by atoms with Crippen LogP contribution >= 0.6 is 0 Å². The van der Waals surface area contributed by atoms with Crippen molar-refractivity contribution in [3.05, 3.63) is 103 Å². The second-order valence-electron chi connectivity index (χ2n) is 6.90. The van der Waals surface area contributed by atoms with Crippen LogP contribution in [0.25, 0.3) is 43.8 Å². The van der Waals surface area contributed by atoms with Crippen LogP contribution in [0, 0.1) is 0 Å². The summed E-state index contributed by atoms with van der Waals surface area (Å²) in [6.07, 6.45) is 0. The summed E-state index contributed by atoms with van der Waals surface area (Å²) < 4.78 is 0. The lowest BCUT2D eigenvalue weighted by molar-refractivity contribution is 1.61. The Bertz CT molecular complexity index is 1180. The third-order valence-corrected chi connectivity index (χ3v) is 5.16. The number of rotatable bonds is 2. The van der Waals surface area contributed by atoms with E-state index in [0.717, 1.165) is 16.8 Å². The lowest BCUT2D eigenvalue weighted by Crippen LogP contribution is -1.90. The molecule has 128 valence electrons. The van der Waals surface area contributed by atoms with Crippen LogP contribution in [0.15, 0.2) is 103 Å². The van der Waals surface area contributed by atoms with E-state index >= 15 is 0 Å². The lowest BCUT2D eigenvalue weighted by Gasteiger charge is -2.12. The molecule has 0 fully saturated rings. The summed E-state index contributed by atoms with van der Waals surface area (Å²) in [6, 6.07) is 36.2. The zero-order chi connectivity index (χ0) is 18.2. The fourth-order valence-electron chi connectivity index (χ4n) is 3.92. The molecule has 0 spiro atoms. The fraction of sp³-hybridized carbons (Fsp3) is 0. The molecular formula is C26H19N. The molecule has 0 amide bonds. The van der Waals surface area contributed by atoms with Gasteiger partial charge < -0.3 is 5.73 Å². The molecule has 0 saturated heterocycles. The molecule has 5 aromatic rings. The SMILES string of the molecule is Nc1cc(-c2cccc3ccccc23)cc(-c2cccc3ccccc23)c1. The number of hydrogen-bond donors (Lipinski definition) is 1. The summed E-state index contributed by atoms with van der Waals surface area (Å²) in [4.78, 5) is 0. The van der Waals surface area contributed by atoms with E-state index in [1.54, 1.807) is 0 Å². The Morgan fingerprint density at radius 2 is 0.889 bits per heavy atom. The van der Waals surface area contributed by atoms with E-state index in [1.165, 1.54) is 32.7 Å². The normalized spacial score (nSPS) is 11.1. The van der Waals surface area contributed by atoms with Gasteiger partial charge in [-0.2, -0.15) is 0 Å². The first-order chi connectivity index (χ1) is 13.3. The Morgan fingerprint density at radius 1 is 0.444 bits per heavy atom. The van der Waals surface area contributed by atoms with Gasteiger partial charge in [0.15, 0.2) is 0 Å². The van der Waals surface area contributed by atoms with Crippen LogP contribution in [0.1, 0.15) is 0 Å². The van der Waals surface area contributed by atoms with Gasteiger partial charge in [-0.05, 0) is 62.0 Å². The third-order valence-electron chi connectivity index (χ3n) is 5.16. The second-order valence-corrected chi connectivity index (χ2v) is 6.90.